The second kappa shape index (κ2) is 7.99. The van der Waals surface area contributed by atoms with E-state index in [9.17, 15) is 9.59 Å². The maximum Gasteiger partial charge on any atom is 0.353 e. The summed E-state index contributed by atoms with van der Waals surface area (Å²) < 4.78 is 16.5. The van der Waals surface area contributed by atoms with E-state index < -0.39 is 11.4 Å². The zero-order valence-corrected chi connectivity index (χ0v) is 15.7. The lowest BCUT2D eigenvalue weighted by Crippen LogP contribution is -2.37. The van der Waals surface area contributed by atoms with Crippen LogP contribution in [0.3, 0.4) is 0 Å². The molecule has 2 bridgehead atoms. The Balaban J connectivity index is 1.46. The molecule has 26 heavy (non-hydrogen) atoms. The molecule has 6 nitrogen and oxygen atoms in total. The number of carbonyl (C=O) groups is 2. The number of carbonyl (C=O) groups excluding carboxylic acids is 2. The van der Waals surface area contributed by atoms with E-state index in [2.05, 4.69) is 6.58 Å². The molecule has 0 aromatic heterocycles. The molecule has 3 aliphatic carbocycles. The lowest BCUT2D eigenvalue weighted by atomic mass is 9.70. The van der Waals surface area contributed by atoms with Crippen LogP contribution in [0.1, 0.15) is 58.3 Å². The highest BCUT2D eigenvalue weighted by Crippen LogP contribution is 2.52. The van der Waals surface area contributed by atoms with E-state index in [1.807, 2.05) is 6.92 Å². The number of esters is 2. The van der Waals surface area contributed by atoms with Gasteiger partial charge in [-0.15, -0.1) is 0 Å². The quantitative estimate of drug-likeness (QED) is 0.323. The first kappa shape index (κ1) is 19.2. The number of hydrogen-bond acceptors (Lipinski definition) is 6. The second-order valence-corrected chi connectivity index (χ2v) is 8.61. The first-order valence-electron chi connectivity index (χ1n) is 9.78. The summed E-state index contributed by atoms with van der Waals surface area (Å²) in [6.45, 7) is 6.09. The third-order valence-electron chi connectivity index (χ3n) is 6.29. The Labute approximate surface area is 155 Å². The molecule has 0 aliphatic heterocycles. The van der Waals surface area contributed by atoms with Crippen LogP contribution in [0.15, 0.2) is 12.3 Å². The molecule has 0 saturated heterocycles. The maximum atomic E-state index is 12.6. The van der Waals surface area contributed by atoms with Crippen LogP contribution in [0, 0.1) is 23.2 Å². The zero-order chi connectivity index (χ0) is 18.7. The highest BCUT2D eigenvalue weighted by Gasteiger charge is 2.51. The van der Waals surface area contributed by atoms with Gasteiger partial charge in [-0.1, -0.05) is 19.4 Å². The lowest BCUT2D eigenvalue weighted by molar-refractivity contribution is -0.172. The zero-order valence-electron chi connectivity index (χ0n) is 15.7. The smallest absolute Gasteiger partial charge is 0.353 e. The van der Waals surface area contributed by atoms with Crippen molar-refractivity contribution in [2.75, 3.05) is 13.4 Å². The fraction of sp³-hybridized carbons (Fsp3) is 0.800. The number of fused-ring (bicyclic) bond motifs is 2. The molecule has 0 spiro atoms. The molecule has 3 rings (SSSR count). The van der Waals surface area contributed by atoms with Gasteiger partial charge in [0.2, 0.25) is 0 Å². The molecule has 0 amide bonds. The standard InChI is InChI=1S/C20H31NO5/c1-13(21)18(22)26-17-8-15-7-16(17)10-20(2,9-15)19(23)25-12-24-11-14-5-3-4-6-14/h14-17H,1,3-12,21H2,2H3/t15?,16-,17?,20?/m1/s1. The average Bonchev–Trinajstić information content (AvgIpc) is 3.19. The lowest BCUT2D eigenvalue weighted by Gasteiger charge is -2.35. The SMILES string of the molecule is C=C(N)C(=O)OC1CC2C[C@@H]1CC(C)(C(=O)OCOCC1CCCC1)C2. The van der Waals surface area contributed by atoms with Crippen LogP contribution in [-0.2, 0) is 23.8 Å². The fourth-order valence-electron chi connectivity index (χ4n) is 5.06. The van der Waals surface area contributed by atoms with E-state index in [4.69, 9.17) is 19.9 Å². The molecular weight excluding hydrogens is 334 g/mol. The van der Waals surface area contributed by atoms with Crippen LogP contribution in [0.2, 0.25) is 0 Å². The molecular formula is C20H31NO5. The van der Waals surface area contributed by atoms with Gasteiger partial charge in [0, 0.05) is 0 Å². The molecule has 4 atom stereocenters. The minimum Gasteiger partial charge on any atom is -0.457 e. The number of ether oxygens (including phenoxy) is 3. The summed E-state index contributed by atoms with van der Waals surface area (Å²) in [5.74, 6) is 0.409. The molecule has 6 heteroatoms. The summed E-state index contributed by atoms with van der Waals surface area (Å²) in [6.07, 6.45) is 7.99. The van der Waals surface area contributed by atoms with E-state index in [-0.39, 0.29) is 30.5 Å². The average molecular weight is 365 g/mol. The Kier molecular flexibility index (Phi) is 5.90. The van der Waals surface area contributed by atoms with Gasteiger partial charge >= 0.3 is 11.9 Å². The summed E-state index contributed by atoms with van der Waals surface area (Å²) >= 11 is 0. The predicted molar refractivity (Wildman–Crippen MR) is 95.6 cm³/mol. The van der Waals surface area contributed by atoms with Gasteiger partial charge in [0.15, 0.2) is 6.79 Å². The third kappa shape index (κ3) is 4.40. The summed E-state index contributed by atoms with van der Waals surface area (Å²) in [4.78, 5) is 24.3. The monoisotopic (exact) mass is 365 g/mol. The third-order valence-corrected chi connectivity index (χ3v) is 6.29. The van der Waals surface area contributed by atoms with Gasteiger partial charge < -0.3 is 19.9 Å². The number of hydrogen-bond donors (Lipinski definition) is 1. The van der Waals surface area contributed by atoms with Gasteiger partial charge in [-0.3, -0.25) is 4.79 Å². The predicted octanol–water partition coefficient (Wildman–Crippen LogP) is 2.90. The normalized spacial score (nSPS) is 33.8. The van der Waals surface area contributed by atoms with Gasteiger partial charge in [-0.25, -0.2) is 4.79 Å². The summed E-state index contributed by atoms with van der Waals surface area (Å²) in [7, 11) is 0. The van der Waals surface area contributed by atoms with E-state index in [0.29, 0.717) is 24.9 Å². The summed E-state index contributed by atoms with van der Waals surface area (Å²) in [5, 5.41) is 0. The molecule has 3 fully saturated rings. The van der Waals surface area contributed by atoms with Gasteiger partial charge in [-0.2, -0.15) is 0 Å². The van der Waals surface area contributed by atoms with Crippen molar-refractivity contribution in [1.82, 2.24) is 0 Å². The number of nitrogens with two attached hydrogens (primary N) is 1. The molecule has 3 aliphatic rings. The van der Waals surface area contributed by atoms with Crippen molar-refractivity contribution in [3.05, 3.63) is 12.3 Å². The van der Waals surface area contributed by atoms with E-state index >= 15 is 0 Å². The molecule has 0 aromatic carbocycles. The van der Waals surface area contributed by atoms with E-state index in [1.54, 1.807) is 0 Å². The Morgan fingerprint density at radius 3 is 2.62 bits per heavy atom. The first-order valence-corrected chi connectivity index (χ1v) is 9.78. The van der Waals surface area contributed by atoms with Gasteiger partial charge in [0.25, 0.3) is 0 Å². The van der Waals surface area contributed by atoms with Crippen molar-refractivity contribution in [2.45, 2.75) is 64.4 Å². The summed E-state index contributed by atoms with van der Waals surface area (Å²) in [6, 6.07) is 0. The molecule has 146 valence electrons. The number of rotatable bonds is 7. The largest absolute Gasteiger partial charge is 0.457 e. The van der Waals surface area contributed by atoms with Crippen molar-refractivity contribution in [3.63, 3.8) is 0 Å². The highest BCUT2D eigenvalue weighted by molar-refractivity contribution is 5.86. The summed E-state index contributed by atoms with van der Waals surface area (Å²) in [5.41, 5.74) is 4.80. The van der Waals surface area contributed by atoms with Crippen LogP contribution in [0.4, 0.5) is 0 Å². The fourth-order valence-corrected chi connectivity index (χ4v) is 5.06. The van der Waals surface area contributed by atoms with Crippen LogP contribution in [0.25, 0.3) is 0 Å². The van der Waals surface area contributed by atoms with Crippen LogP contribution in [0.5, 0.6) is 0 Å². The molecule has 0 aromatic rings. The van der Waals surface area contributed by atoms with E-state index in [1.165, 1.54) is 25.7 Å². The van der Waals surface area contributed by atoms with Crippen LogP contribution < -0.4 is 5.73 Å². The Morgan fingerprint density at radius 2 is 1.92 bits per heavy atom. The first-order chi connectivity index (χ1) is 12.4. The van der Waals surface area contributed by atoms with Crippen molar-refractivity contribution < 1.29 is 23.8 Å². The van der Waals surface area contributed by atoms with Crippen molar-refractivity contribution in [2.24, 2.45) is 28.9 Å². The van der Waals surface area contributed by atoms with Gasteiger partial charge in [-0.05, 0) is 63.2 Å². The minimum absolute atomic E-state index is 0.0334. The Bertz CT molecular complexity index is 556. The minimum atomic E-state index is -0.549. The Morgan fingerprint density at radius 1 is 1.19 bits per heavy atom. The maximum absolute atomic E-state index is 12.6. The molecule has 0 heterocycles. The highest BCUT2D eigenvalue weighted by atomic mass is 16.7. The molecule has 3 saturated carbocycles. The van der Waals surface area contributed by atoms with Crippen molar-refractivity contribution >= 4 is 11.9 Å². The second-order valence-electron chi connectivity index (χ2n) is 8.61. The topological polar surface area (TPSA) is 87.9 Å². The molecule has 2 N–H and O–H groups in total. The molecule has 0 radical (unpaired) electrons. The van der Waals surface area contributed by atoms with Crippen LogP contribution >= 0.6 is 0 Å². The van der Waals surface area contributed by atoms with Crippen molar-refractivity contribution in [3.8, 4) is 0 Å². The van der Waals surface area contributed by atoms with Gasteiger partial charge in [0.1, 0.15) is 11.8 Å². The van der Waals surface area contributed by atoms with Crippen LogP contribution in [-0.4, -0.2) is 31.4 Å². The Hall–Kier alpha value is -1.56. The van der Waals surface area contributed by atoms with Gasteiger partial charge in [0.05, 0.1) is 12.0 Å². The van der Waals surface area contributed by atoms with Crippen molar-refractivity contribution in [1.29, 1.82) is 0 Å². The van der Waals surface area contributed by atoms with E-state index in [0.717, 1.165) is 19.3 Å². The molecule has 3 unspecified atom stereocenters.